The topological polar surface area (TPSA) is 32.3 Å². The van der Waals surface area contributed by atoms with Crippen LogP contribution in [0.4, 0.5) is 0 Å². The predicted octanol–water partition coefficient (Wildman–Crippen LogP) is 3.85. The summed E-state index contributed by atoms with van der Waals surface area (Å²) in [7, 11) is 0. The van der Waals surface area contributed by atoms with E-state index >= 15 is 0 Å². The Morgan fingerprint density at radius 1 is 0.800 bits per heavy atom. The summed E-state index contributed by atoms with van der Waals surface area (Å²) in [5.74, 6) is 0. The first-order chi connectivity index (χ1) is 9.47. The van der Waals surface area contributed by atoms with Gasteiger partial charge in [0.1, 0.15) is 0 Å². The van der Waals surface area contributed by atoms with E-state index in [1.54, 1.807) is 0 Å². The molecule has 0 radical (unpaired) electrons. The van der Waals surface area contributed by atoms with Crippen LogP contribution < -0.4 is 5.32 Å². The smallest absolute Gasteiger partial charge is 0.0984 e. The van der Waals surface area contributed by atoms with Crippen LogP contribution in [0.3, 0.4) is 0 Å². The molecule has 0 bridgehead atoms. The van der Waals surface area contributed by atoms with Crippen LogP contribution in [-0.2, 0) is 0 Å². The minimum atomic E-state index is -0.571. The highest BCUT2D eigenvalue weighted by Gasteiger charge is 2.26. The van der Waals surface area contributed by atoms with Gasteiger partial charge in [-0.25, -0.2) is 0 Å². The van der Waals surface area contributed by atoms with Gasteiger partial charge in [-0.1, -0.05) is 60.7 Å². The SMILES string of the molecule is CC(C)(C)N[C@H](c1ccccc1)[C@H](O)c1ccccc1. The molecule has 2 heteroatoms. The van der Waals surface area contributed by atoms with Crippen LogP contribution in [0, 0.1) is 0 Å². The number of rotatable bonds is 4. The van der Waals surface area contributed by atoms with E-state index in [4.69, 9.17) is 0 Å². The molecule has 0 unspecified atom stereocenters. The van der Waals surface area contributed by atoms with Gasteiger partial charge in [0.15, 0.2) is 0 Å². The van der Waals surface area contributed by atoms with E-state index in [2.05, 4.69) is 38.2 Å². The van der Waals surface area contributed by atoms with E-state index in [-0.39, 0.29) is 11.6 Å². The van der Waals surface area contributed by atoms with Crippen molar-refractivity contribution in [2.24, 2.45) is 0 Å². The molecule has 0 heterocycles. The van der Waals surface area contributed by atoms with Crippen LogP contribution >= 0.6 is 0 Å². The fourth-order valence-corrected chi connectivity index (χ4v) is 2.31. The normalized spacial score (nSPS) is 14.8. The van der Waals surface area contributed by atoms with E-state index < -0.39 is 6.10 Å². The summed E-state index contributed by atoms with van der Waals surface area (Å²) in [4.78, 5) is 0. The van der Waals surface area contributed by atoms with Gasteiger partial charge in [-0.2, -0.15) is 0 Å². The Morgan fingerprint density at radius 3 is 1.70 bits per heavy atom. The molecule has 0 aliphatic rings. The van der Waals surface area contributed by atoms with Gasteiger partial charge in [-0.05, 0) is 31.9 Å². The third-order valence-electron chi connectivity index (χ3n) is 3.20. The summed E-state index contributed by atoms with van der Waals surface area (Å²) in [6, 6.07) is 19.8. The molecular formula is C18H23NO. The number of aliphatic hydroxyl groups excluding tert-OH is 1. The van der Waals surface area contributed by atoms with Crippen LogP contribution in [0.5, 0.6) is 0 Å². The monoisotopic (exact) mass is 269 g/mol. The second-order valence-electron chi connectivity index (χ2n) is 6.14. The first-order valence-corrected chi connectivity index (χ1v) is 7.03. The van der Waals surface area contributed by atoms with Crippen molar-refractivity contribution in [3.05, 3.63) is 71.8 Å². The Hall–Kier alpha value is -1.64. The Labute approximate surface area is 121 Å². The van der Waals surface area contributed by atoms with E-state index in [0.717, 1.165) is 11.1 Å². The molecule has 2 rings (SSSR count). The highest BCUT2D eigenvalue weighted by atomic mass is 16.3. The van der Waals surface area contributed by atoms with Gasteiger partial charge in [0.25, 0.3) is 0 Å². The Balaban J connectivity index is 2.32. The van der Waals surface area contributed by atoms with Gasteiger partial charge in [-0.15, -0.1) is 0 Å². The number of hydrogen-bond acceptors (Lipinski definition) is 2. The third kappa shape index (κ3) is 3.92. The van der Waals surface area contributed by atoms with Crippen molar-refractivity contribution in [2.75, 3.05) is 0 Å². The average Bonchev–Trinajstić information content (AvgIpc) is 2.45. The van der Waals surface area contributed by atoms with Crippen LogP contribution in [-0.4, -0.2) is 10.6 Å². The molecule has 0 amide bonds. The number of hydrogen-bond donors (Lipinski definition) is 2. The molecule has 2 aromatic rings. The summed E-state index contributed by atoms with van der Waals surface area (Å²) < 4.78 is 0. The largest absolute Gasteiger partial charge is 0.386 e. The lowest BCUT2D eigenvalue weighted by atomic mass is 9.93. The van der Waals surface area contributed by atoms with E-state index in [1.165, 1.54) is 0 Å². The summed E-state index contributed by atoms with van der Waals surface area (Å²) in [6.07, 6.45) is -0.571. The quantitative estimate of drug-likeness (QED) is 0.883. The highest BCUT2D eigenvalue weighted by Crippen LogP contribution is 2.30. The fraction of sp³-hybridized carbons (Fsp3) is 0.333. The van der Waals surface area contributed by atoms with Crippen LogP contribution in [0.2, 0.25) is 0 Å². The molecule has 0 saturated carbocycles. The minimum absolute atomic E-state index is 0.0731. The van der Waals surface area contributed by atoms with E-state index in [1.807, 2.05) is 48.5 Å². The zero-order valence-corrected chi connectivity index (χ0v) is 12.4. The molecule has 0 aliphatic heterocycles. The van der Waals surface area contributed by atoms with Crippen LogP contribution in [0.25, 0.3) is 0 Å². The summed E-state index contributed by atoms with van der Waals surface area (Å²) >= 11 is 0. The second-order valence-corrected chi connectivity index (χ2v) is 6.14. The fourth-order valence-electron chi connectivity index (χ4n) is 2.31. The summed E-state index contributed by atoms with van der Waals surface area (Å²) in [5.41, 5.74) is 1.95. The number of aliphatic hydroxyl groups is 1. The van der Waals surface area contributed by atoms with Gasteiger partial charge in [0, 0.05) is 5.54 Å². The van der Waals surface area contributed by atoms with Crippen molar-refractivity contribution >= 4 is 0 Å². The molecule has 0 saturated heterocycles. The second kappa shape index (κ2) is 6.21. The van der Waals surface area contributed by atoms with Gasteiger partial charge in [-0.3, -0.25) is 0 Å². The van der Waals surface area contributed by atoms with Gasteiger partial charge in [0.2, 0.25) is 0 Å². The maximum atomic E-state index is 10.7. The van der Waals surface area contributed by atoms with Gasteiger partial charge >= 0.3 is 0 Å². The maximum Gasteiger partial charge on any atom is 0.0984 e. The Bertz CT molecular complexity index is 516. The molecule has 2 nitrogen and oxygen atoms in total. The van der Waals surface area contributed by atoms with Crippen molar-refractivity contribution in [3.8, 4) is 0 Å². The number of benzene rings is 2. The summed E-state index contributed by atoms with van der Waals surface area (Å²) in [5, 5.41) is 14.3. The number of nitrogens with one attached hydrogen (secondary N) is 1. The molecule has 0 aliphatic carbocycles. The molecule has 0 spiro atoms. The Morgan fingerprint density at radius 2 is 1.25 bits per heavy atom. The highest BCUT2D eigenvalue weighted by molar-refractivity contribution is 5.26. The Kier molecular flexibility index (Phi) is 4.58. The van der Waals surface area contributed by atoms with Crippen molar-refractivity contribution in [3.63, 3.8) is 0 Å². The van der Waals surface area contributed by atoms with Crippen LogP contribution in [0.15, 0.2) is 60.7 Å². The van der Waals surface area contributed by atoms with Crippen molar-refractivity contribution in [1.82, 2.24) is 5.32 Å². The molecule has 0 fully saturated rings. The molecule has 0 aromatic heterocycles. The zero-order chi connectivity index (χ0) is 14.6. The predicted molar refractivity (Wildman–Crippen MR) is 83.5 cm³/mol. The van der Waals surface area contributed by atoms with Crippen molar-refractivity contribution in [2.45, 2.75) is 38.5 Å². The molecule has 20 heavy (non-hydrogen) atoms. The molecule has 2 atom stereocenters. The molecule has 106 valence electrons. The lowest BCUT2D eigenvalue weighted by molar-refractivity contribution is 0.113. The van der Waals surface area contributed by atoms with E-state index in [0.29, 0.717) is 0 Å². The molecule has 2 aromatic carbocycles. The standard InChI is InChI=1S/C18H23NO/c1-18(2,3)19-16(14-10-6-4-7-11-14)17(20)15-12-8-5-9-13-15/h4-13,16-17,19-20H,1-3H3/t16-,17-/m1/s1. The maximum absolute atomic E-state index is 10.7. The minimum Gasteiger partial charge on any atom is -0.386 e. The van der Waals surface area contributed by atoms with Crippen molar-refractivity contribution in [1.29, 1.82) is 0 Å². The lowest BCUT2D eigenvalue weighted by Gasteiger charge is -2.32. The van der Waals surface area contributed by atoms with Crippen LogP contribution in [0.1, 0.15) is 44.0 Å². The van der Waals surface area contributed by atoms with Gasteiger partial charge in [0.05, 0.1) is 12.1 Å². The average molecular weight is 269 g/mol. The first-order valence-electron chi connectivity index (χ1n) is 7.03. The first kappa shape index (κ1) is 14.8. The lowest BCUT2D eigenvalue weighted by Crippen LogP contribution is -2.41. The third-order valence-corrected chi connectivity index (χ3v) is 3.20. The van der Waals surface area contributed by atoms with E-state index in [9.17, 15) is 5.11 Å². The zero-order valence-electron chi connectivity index (χ0n) is 12.4. The van der Waals surface area contributed by atoms with Crippen molar-refractivity contribution < 1.29 is 5.11 Å². The molecule has 2 N–H and O–H groups in total. The molecular weight excluding hydrogens is 246 g/mol. The van der Waals surface area contributed by atoms with Gasteiger partial charge < -0.3 is 10.4 Å². The summed E-state index contributed by atoms with van der Waals surface area (Å²) in [6.45, 7) is 6.34.